The molecule has 0 amide bonds. The zero-order valence-corrected chi connectivity index (χ0v) is 13.1. The predicted molar refractivity (Wildman–Crippen MR) is 87.5 cm³/mol. The average molecular weight is 298 g/mol. The Morgan fingerprint density at radius 3 is 2.45 bits per heavy atom. The van der Waals surface area contributed by atoms with Gasteiger partial charge in [-0.3, -0.25) is 0 Å². The molecule has 2 atom stereocenters. The van der Waals surface area contributed by atoms with E-state index in [9.17, 15) is 9.50 Å². The van der Waals surface area contributed by atoms with Crippen LogP contribution in [0.2, 0.25) is 0 Å². The van der Waals surface area contributed by atoms with Gasteiger partial charge in [-0.05, 0) is 31.4 Å². The van der Waals surface area contributed by atoms with Crippen LogP contribution in [-0.2, 0) is 5.41 Å². The van der Waals surface area contributed by atoms with E-state index in [4.69, 9.17) is 0 Å². The third-order valence-electron chi connectivity index (χ3n) is 5.04. The summed E-state index contributed by atoms with van der Waals surface area (Å²) in [5.41, 5.74) is 2.21. The summed E-state index contributed by atoms with van der Waals surface area (Å²) in [5, 5.41) is 10.9. The van der Waals surface area contributed by atoms with E-state index < -0.39 is 11.5 Å². The van der Waals surface area contributed by atoms with Gasteiger partial charge in [0.25, 0.3) is 0 Å². The van der Waals surface area contributed by atoms with Gasteiger partial charge in [-0.1, -0.05) is 67.3 Å². The molecule has 0 radical (unpaired) electrons. The highest BCUT2D eigenvalue weighted by molar-refractivity contribution is 5.43. The van der Waals surface area contributed by atoms with Gasteiger partial charge >= 0.3 is 0 Å². The average Bonchev–Trinajstić information content (AvgIpc) is 2.71. The van der Waals surface area contributed by atoms with Crippen LogP contribution in [0.3, 0.4) is 0 Å². The number of halogens is 1. The van der Waals surface area contributed by atoms with Crippen molar-refractivity contribution in [1.82, 2.24) is 0 Å². The summed E-state index contributed by atoms with van der Waals surface area (Å²) >= 11 is 0. The molecule has 1 aliphatic carbocycles. The highest BCUT2D eigenvalue weighted by Gasteiger charge is 2.43. The monoisotopic (exact) mass is 298 g/mol. The molecule has 0 bridgehead atoms. The van der Waals surface area contributed by atoms with Crippen molar-refractivity contribution in [2.75, 3.05) is 0 Å². The van der Waals surface area contributed by atoms with E-state index in [1.807, 2.05) is 19.1 Å². The Morgan fingerprint density at radius 2 is 1.73 bits per heavy atom. The number of aliphatic hydroxyl groups is 1. The quantitative estimate of drug-likeness (QED) is 0.794. The van der Waals surface area contributed by atoms with Crippen LogP contribution in [0.5, 0.6) is 0 Å². The summed E-state index contributed by atoms with van der Waals surface area (Å²) in [5.74, 6) is -0.218. The van der Waals surface area contributed by atoms with Crippen LogP contribution in [0.4, 0.5) is 4.39 Å². The van der Waals surface area contributed by atoms with Crippen LogP contribution in [0.25, 0.3) is 0 Å². The minimum absolute atomic E-state index is 0.218. The lowest BCUT2D eigenvalue weighted by molar-refractivity contribution is 0.0926. The van der Waals surface area contributed by atoms with E-state index >= 15 is 0 Å². The SMILES string of the molecule is Cc1ccc(C2(c3ccccc3F)CCCCCC2O)cc1. The molecule has 1 nitrogen and oxygen atoms in total. The molecule has 1 fully saturated rings. The second-order valence-corrected chi connectivity index (χ2v) is 6.43. The predicted octanol–water partition coefficient (Wildman–Crippen LogP) is 4.75. The lowest BCUT2D eigenvalue weighted by Gasteiger charge is -2.38. The largest absolute Gasteiger partial charge is 0.392 e. The molecule has 3 rings (SSSR count). The maximum atomic E-state index is 14.6. The van der Waals surface area contributed by atoms with Crippen LogP contribution >= 0.6 is 0 Å². The summed E-state index contributed by atoms with van der Waals surface area (Å²) in [6.07, 6.45) is 4.08. The van der Waals surface area contributed by atoms with Gasteiger partial charge in [-0.2, -0.15) is 0 Å². The van der Waals surface area contributed by atoms with Crippen LogP contribution in [0.1, 0.15) is 48.8 Å². The van der Waals surface area contributed by atoms with Gasteiger partial charge in [-0.15, -0.1) is 0 Å². The fraction of sp³-hybridized carbons (Fsp3) is 0.400. The second-order valence-electron chi connectivity index (χ2n) is 6.43. The highest BCUT2D eigenvalue weighted by atomic mass is 19.1. The summed E-state index contributed by atoms with van der Waals surface area (Å²) in [7, 11) is 0. The normalized spacial score (nSPS) is 25.7. The zero-order valence-electron chi connectivity index (χ0n) is 13.1. The highest BCUT2D eigenvalue weighted by Crippen LogP contribution is 2.45. The molecule has 0 spiro atoms. The molecule has 0 saturated heterocycles. The number of hydrogen-bond acceptors (Lipinski definition) is 1. The van der Waals surface area contributed by atoms with E-state index in [-0.39, 0.29) is 5.82 Å². The molecule has 1 aliphatic rings. The van der Waals surface area contributed by atoms with Gasteiger partial charge in [0.05, 0.1) is 6.10 Å². The van der Waals surface area contributed by atoms with E-state index in [1.165, 1.54) is 11.6 Å². The van der Waals surface area contributed by atoms with Crippen LogP contribution < -0.4 is 0 Å². The van der Waals surface area contributed by atoms with Gasteiger partial charge in [0.1, 0.15) is 5.82 Å². The Labute approximate surface area is 131 Å². The van der Waals surface area contributed by atoms with Gasteiger partial charge < -0.3 is 5.11 Å². The molecular formula is C20H23FO. The lowest BCUT2D eigenvalue weighted by Crippen LogP contribution is -2.40. The topological polar surface area (TPSA) is 20.2 Å². The third-order valence-corrected chi connectivity index (χ3v) is 5.04. The minimum atomic E-state index is -0.629. The molecule has 1 saturated carbocycles. The maximum absolute atomic E-state index is 14.6. The van der Waals surface area contributed by atoms with Crippen LogP contribution in [-0.4, -0.2) is 11.2 Å². The summed E-state index contributed by atoms with van der Waals surface area (Å²) in [6.45, 7) is 2.04. The molecule has 0 aromatic heterocycles. The van der Waals surface area contributed by atoms with E-state index in [0.717, 1.165) is 37.7 Å². The van der Waals surface area contributed by atoms with Crippen molar-refractivity contribution < 1.29 is 9.50 Å². The van der Waals surface area contributed by atoms with Crippen molar-refractivity contribution in [1.29, 1.82) is 0 Å². The van der Waals surface area contributed by atoms with E-state index in [0.29, 0.717) is 5.56 Å². The van der Waals surface area contributed by atoms with Crippen LogP contribution in [0, 0.1) is 12.7 Å². The molecule has 2 unspecified atom stereocenters. The lowest BCUT2D eigenvalue weighted by atomic mass is 9.67. The number of aliphatic hydroxyl groups excluding tert-OH is 1. The fourth-order valence-electron chi connectivity index (χ4n) is 3.81. The molecule has 2 heteroatoms. The molecule has 0 aliphatic heterocycles. The van der Waals surface area contributed by atoms with Gasteiger partial charge in [-0.25, -0.2) is 4.39 Å². The van der Waals surface area contributed by atoms with Crippen LogP contribution in [0.15, 0.2) is 48.5 Å². The first-order valence-corrected chi connectivity index (χ1v) is 8.15. The van der Waals surface area contributed by atoms with Crippen molar-refractivity contribution in [3.63, 3.8) is 0 Å². The zero-order chi connectivity index (χ0) is 15.6. The molecule has 2 aromatic rings. The van der Waals surface area contributed by atoms with E-state index in [1.54, 1.807) is 6.07 Å². The molecule has 1 N–H and O–H groups in total. The minimum Gasteiger partial charge on any atom is -0.392 e. The molecular weight excluding hydrogens is 275 g/mol. The van der Waals surface area contributed by atoms with Crippen molar-refractivity contribution >= 4 is 0 Å². The Morgan fingerprint density at radius 1 is 1.00 bits per heavy atom. The number of aryl methyl sites for hydroxylation is 1. The summed E-state index contributed by atoms with van der Waals surface area (Å²) in [4.78, 5) is 0. The Balaban J connectivity index is 2.21. The Kier molecular flexibility index (Phi) is 4.30. The van der Waals surface area contributed by atoms with Gasteiger partial charge in [0.15, 0.2) is 0 Å². The molecule has 2 aromatic carbocycles. The molecule has 0 heterocycles. The fourth-order valence-corrected chi connectivity index (χ4v) is 3.81. The van der Waals surface area contributed by atoms with Crippen molar-refractivity contribution in [2.24, 2.45) is 0 Å². The van der Waals surface area contributed by atoms with Gasteiger partial charge in [0.2, 0.25) is 0 Å². The maximum Gasteiger partial charge on any atom is 0.127 e. The van der Waals surface area contributed by atoms with Crippen molar-refractivity contribution in [2.45, 2.75) is 50.5 Å². The smallest absolute Gasteiger partial charge is 0.127 e. The number of hydrogen-bond donors (Lipinski definition) is 1. The second kappa shape index (κ2) is 6.21. The summed E-state index contributed by atoms with van der Waals surface area (Å²) < 4.78 is 14.6. The molecule has 22 heavy (non-hydrogen) atoms. The number of rotatable bonds is 2. The standard InChI is InChI=1S/C20H23FO/c1-15-10-12-16(13-11-15)20(14-6-2-3-9-19(20)22)17-7-4-5-8-18(17)21/h4-5,7-8,10-13,19,22H,2-3,6,9,14H2,1H3. The van der Waals surface area contributed by atoms with Gasteiger partial charge in [0, 0.05) is 11.0 Å². The Bertz CT molecular complexity index is 634. The van der Waals surface area contributed by atoms with Crippen molar-refractivity contribution in [3.05, 3.63) is 71.0 Å². The first-order chi connectivity index (χ1) is 10.6. The first-order valence-electron chi connectivity index (χ1n) is 8.15. The van der Waals surface area contributed by atoms with E-state index in [2.05, 4.69) is 24.3 Å². The summed E-state index contributed by atoms with van der Waals surface area (Å²) in [6, 6.07) is 15.1. The number of benzene rings is 2. The third kappa shape index (κ3) is 2.56. The first kappa shape index (κ1) is 15.2. The molecule has 116 valence electrons. The van der Waals surface area contributed by atoms with Crippen molar-refractivity contribution in [3.8, 4) is 0 Å². The Hall–Kier alpha value is -1.67.